The Morgan fingerprint density at radius 3 is 3.19 bits per heavy atom. The third-order valence-electron chi connectivity index (χ3n) is 4.18. The summed E-state index contributed by atoms with van der Waals surface area (Å²) in [6.07, 6.45) is 4.15. The van der Waals surface area contributed by atoms with Gasteiger partial charge in [-0.3, -0.25) is 4.79 Å². The fraction of sp³-hybridized carbons (Fsp3) is 0.643. The Morgan fingerprint density at radius 2 is 2.38 bits per heavy atom. The molecule has 114 valence electrons. The number of fused-ring (bicyclic) bond motifs is 1. The van der Waals surface area contributed by atoms with E-state index in [2.05, 4.69) is 25.5 Å². The van der Waals surface area contributed by atoms with Gasteiger partial charge in [-0.15, -0.1) is 0 Å². The zero-order valence-electron chi connectivity index (χ0n) is 12.1. The van der Waals surface area contributed by atoms with Gasteiger partial charge in [0.15, 0.2) is 5.82 Å². The first kappa shape index (κ1) is 14.4. The maximum absolute atomic E-state index is 11.5. The van der Waals surface area contributed by atoms with Crippen molar-refractivity contribution in [3.8, 4) is 0 Å². The van der Waals surface area contributed by atoms with Crippen molar-refractivity contribution < 1.29 is 4.79 Å². The SMILES string of the molecule is CCNc1ncc(Cl)c(N2CCC3NC(=O)CCC3C2)n1. The molecule has 2 N–H and O–H groups in total. The summed E-state index contributed by atoms with van der Waals surface area (Å²) < 4.78 is 0. The number of nitrogens with one attached hydrogen (secondary N) is 2. The Morgan fingerprint density at radius 1 is 1.52 bits per heavy atom. The van der Waals surface area contributed by atoms with Crippen LogP contribution in [0.5, 0.6) is 0 Å². The van der Waals surface area contributed by atoms with E-state index in [1.807, 2.05) is 6.92 Å². The van der Waals surface area contributed by atoms with Gasteiger partial charge < -0.3 is 15.5 Å². The molecule has 2 fully saturated rings. The van der Waals surface area contributed by atoms with Gasteiger partial charge in [0.05, 0.1) is 6.20 Å². The van der Waals surface area contributed by atoms with E-state index < -0.39 is 0 Å². The first-order valence-corrected chi connectivity index (χ1v) is 7.86. The molecule has 2 aliphatic heterocycles. The van der Waals surface area contributed by atoms with E-state index in [0.717, 1.165) is 38.3 Å². The minimum absolute atomic E-state index is 0.180. The van der Waals surface area contributed by atoms with Crippen LogP contribution in [-0.4, -0.2) is 41.6 Å². The number of anilines is 2. The normalized spacial score (nSPS) is 25.2. The number of amides is 1. The Hall–Kier alpha value is -1.56. The third kappa shape index (κ3) is 3.05. The Labute approximate surface area is 129 Å². The molecule has 6 nitrogen and oxygen atoms in total. The minimum atomic E-state index is 0.180. The number of aromatic nitrogens is 2. The van der Waals surface area contributed by atoms with Crippen LogP contribution >= 0.6 is 11.6 Å². The zero-order valence-corrected chi connectivity index (χ0v) is 12.9. The number of carbonyl (C=O) groups is 1. The molecule has 0 spiro atoms. The topological polar surface area (TPSA) is 70.2 Å². The van der Waals surface area contributed by atoms with Crippen molar-refractivity contribution in [1.29, 1.82) is 0 Å². The van der Waals surface area contributed by atoms with E-state index in [1.165, 1.54) is 0 Å². The first-order valence-electron chi connectivity index (χ1n) is 7.48. The van der Waals surface area contributed by atoms with Gasteiger partial charge in [0.2, 0.25) is 11.9 Å². The monoisotopic (exact) mass is 309 g/mol. The number of halogens is 1. The number of hydrogen-bond acceptors (Lipinski definition) is 5. The lowest BCUT2D eigenvalue weighted by atomic mass is 9.85. The van der Waals surface area contributed by atoms with Crippen molar-refractivity contribution in [2.24, 2.45) is 5.92 Å². The van der Waals surface area contributed by atoms with Crippen LogP contribution < -0.4 is 15.5 Å². The van der Waals surface area contributed by atoms with Crippen LogP contribution in [0.3, 0.4) is 0 Å². The summed E-state index contributed by atoms with van der Waals surface area (Å²) in [5.74, 6) is 2.05. The van der Waals surface area contributed by atoms with Crippen LogP contribution in [0.25, 0.3) is 0 Å². The molecule has 3 heterocycles. The predicted octanol–water partition coefficient (Wildman–Crippen LogP) is 1.67. The number of rotatable bonds is 3. The van der Waals surface area contributed by atoms with Gasteiger partial charge in [-0.25, -0.2) is 4.98 Å². The zero-order chi connectivity index (χ0) is 14.8. The molecule has 3 rings (SSSR count). The van der Waals surface area contributed by atoms with E-state index in [0.29, 0.717) is 29.4 Å². The van der Waals surface area contributed by atoms with Gasteiger partial charge >= 0.3 is 0 Å². The van der Waals surface area contributed by atoms with E-state index in [1.54, 1.807) is 6.20 Å². The van der Waals surface area contributed by atoms with Crippen molar-refractivity contribution >= 4 is 29.3 Å². The summed E-state index contributed by atoms with van der Waals surface area (Å²) in [5.41, 5.74) is 0. The Bertz CT molecular complexity index is 538. The number of nitrogens with zero attached hydrogens (tertiary/aromatic N) is 3. The summed E-state index contributed by atoms with van der Waals surface area (Å²) in [6, 6.07) is 0.302. The molecule has 2 saturated heterocycles. The maximum Gasteiger partial charge on any atom is 0.224 e. The van der Waals surface area contributed by atoms with Crippen molar-refractivity contribution in [2.45, 2.75) is 32.2 Å². The predicted molar refractivity (Wildman–Crippen MR) is 82.7 cm³/mol. The molecule has 1 aromatic heterocycles. The lowest BCUT2D eigenvalue weighted by Crippen LogP contribution is -2.54. The van der Waals surface area contributed by atoms with Crippen molar-refractivity contribution in [1.82, 2.24) is 15.3 Å². The molecular weight excluding hydrogens is 290 g/mol. The summed E-state index contributed by atoms with van der Waals surface area (Å²) in [5, 5.41) is 6.78. The summed E-state index contributed by atoms with van der Waals surface area (Å²) in [7, 11) is 0. The molecular formula is C14H20ClN5O. The highest BCUT2D eigenvalue weighted by atomic mass is 35.5. The molecule has 1 amide bonds. The molecule has 0 aliphatic carbocycles. The second-order valence-corrected chi connectivity index (χ2v) is 6.01. The Balaban J connectivity index is 1.76. The van der Waals surface area contributed by atoms with E-state index in [9.17, 15) is 4.79 Å². The summed E-state index contributed by atoms with van der Waals surface area (Å²) in [6.45, 7) is 4.52. The van der Waals surface area contributed by atoms with E-state index >= 15 is 0 Å². The van der Waals surface area contributed by atoms with Crippen molar-refractivity contribution in [3.63, 3.8) is 0 Å². The largest absolute Gasteiger partial charge is 0.355 e. The van der Waals surface area contributed by atoms with Crippen molar-refractivity contribution in [3.05, 3.63) is 11.2 Å². The van der Waals surface area contributed by atoms with Gasteiger partial charge in [-0.2, -0.15) is 4.98 Å². The van der Waals surface area contributed by atoms with Gasteiger partial charge in [0.1, 0.15) is 5.02 Å². The molecule has 1 aromatic rings. The van der Waals surface area contributed by atoms with Gasteiger partial charge in [0.25, 0.3) is 0 Å². The summed E-state index contributed by atoms with van der Waals surface area (Å²) >= 11 is 6.26. The fourth-order valence-corrected chi connectivity index (χ4v) is 3.34. The quantitative estimate of drug-likeness (QED) is 0.889. The van der Waals surface area contributed by atoms with Gasteiger partial charge in [-0.05, 0) is 25.7 Å². The molecule has 2 atom stereocenters. The Kier molecular flexibility index (Phi) is 4.14. The molecule has 0 aromatic carbocycles. The van der Waals surface area contributed by atoms with Crippen LogP contribution in [0.15, 0.2) is 6.20 Å². The number of hydrogen-bond donors (Lipinski definition) is 2. The number of carbonyl (C=O) groups excluding carboxylic acids is 1. The van der Waals surface area contributed by atoms with Crippen LogP contribution in [-0.2, 0) is 4.79 Å². The second-order valence-electron chi connectivity index (χ2n) is 5.60. The van der Waals surface area contributed by atoms with Crippen LogP contribution in [0.2, 0.25) is 5.02 Å². The fourth-order valence-electron chi connectivity index (χ4n) is 3.13. The van der Waals surface area contributed by atoms with Crippen LogP contribution in [0.4, 0.5) is 11.8 Å². The first-order chi connectivity index (χ1) is 10.2. The maximum atomic E-state index is 11.5. The van der Waals surface area contributed by atoms with Gasteiger partial charge in [0, 0.05) is 32.1 Å². The third-order valence-corrected chi connectivity index (χ3v) is 4.45. The average Bonchev–Trinajstić information content (AvgIpc) is 2.49. The van der Waals surface area contributed by atoms with E-state index in [4.69, 9.17) is 11.6 Å². The highest BCUT2D eigenvalue weighted by Gasteiger charge is 2.34. The van der Waals surface area contributed by atoms with Crippen LogP contribution in [0, 0.1) is 5.92 Å². The smallest absolute Gasteiger partial charge is 0.224 e. The number of piperidine rings is 2. The minimum Gasteiger partial charge on any atom is -0.355 e. The average molecular weight is 310 g/mol. The van der Waals surface area contributed by atoms with Crippen LogP contribution in [0.1, 0.15) is 26.2 Å². The van der Waals surface area contributed by atoms with Gasteiger partial charge in [-0.1, -0.05) is 11.6 Å². The second kappa shape index (κ2) is 6.05. The molecule has 0 saturated carbocycles. The summed E-state index contributed by atoms with van der Waals surface area (Å²) in [4.78, 5) is 22.4. The molecule has 0 radical (unpaired) electrons. The highest BCUT2D eigenvalue weighted by Crippen LogP contribution is 2.31. The highest BCUT2D eigenvalue weighted by molar-refractivity contribution is 6.32. The molecule has 7 heteroatoms. The molecule has 2 aliphatic rings. The standard InChI is InChI=1S/C14H20ClN5O/c1-2-16-14-17-7-10(15)13(19-14)20-6-5-11-9(8-20)3-4-12(21)18-11/h7,9,11H,2-6,8H2,1H3,(H,18,21)(H,16,17,19). The molecule has 2 unspecified atom stereocenters. The molecule has 0 bridgehead atoms. The lowest BCUT2D eigenvalue weighted by Gasteiger charge is -2.42. The van der Waals surface area contributed by atoms with Crippen molar-refractivity contribution in [2.75, 3.05) is 29.9 Å². The molecule has 21 heavy (non-hydrogen) atoms. The van der Waals surface area contributed by atoms with E-state index in [-0.39, 0.29) is 5.91 Å². The lowest BCUT2D eigenvalue weighted by molar-refractivity contribution is -0.124.